The van der Waals surface area contributed by atoms with Gasteiger partial charge in [0.15, 0.2) is 0 Å². The van der Waals surface area contributed by atoms with Gasteiger partial charge in [0, 0.05) is 5.25 Å². The van der Waals surface area contributed by atoms with E-state index in [2.05, 4.69) is 19.6 Å². The molecule has 0 saturated heterocycles. The highest BCUT2D eigenvalue weighted by Gasteiger charge is 2.05. The van der Waals surface area contributed by atoms with Crippen molar-refractivity contribution in [3.8, 4) is 5.75 Å². The zero-order chi connectivity index (χ0) is 18.2. The van der Waals surface area contributed by atoms with Crippen LogP contribution in [0.3, 0.4) is 0 Å². The van der Waals surface area contributed by atoms with Gasteiger partial charge in [0.05, 0.1) is 0 Å². The van der Waals surface area contributed by atoms with Gasteiger partial charge >= 0.3 is 0 Å². The van der Waals surface area contributed by atoms with Crippen LogP contribution in [0.2, 0.25) is 0 Å². The van der Waals surface area contributed by atoms with Gasteiger partial charge in [-0.2, -0.15) is 12.6 Å². The molecule has 0 fully saturated rings. The molecule has 0 bridgehead atoms. The molecule has 0 saturated carbocycles. The molecule has 1 nitrogen and oxygen atoms in total. The van der Waals surface area contributed by atoms with Crippen LogP contribution < -0.4 is 0 Å². The summed E-state index contributed by atoms with van der Waals surface area (Å²) in [6.07, 6.45) is 20.8. The Kier molecular flexibility index (Phi) is 18.1. The molecule has 3 heteroatoms. The van der Waals surface area contributed by atoms with E-state index in [0.29, 0.717) is 11.0 Å². The molecule has 1 atom stereocenters. The third kappa shape index (κ3) is 14.0. The van der Waals surface area contributed by atoms with Gasteiger partial charge in [0.1, 0.15) is 5.75 Å². The minimum absolute atomic E-state index is 0. The highest BCUT2D eigenvalue weighted by atomic mass is 79.9. The van der Waals surface area contributed by atoms with Crippen molar-refractivity contribution in [3.63, 3.8) is 0 Å². The number of thiol groups is 1. The molecule has 0 heterocycles. The lowest BCUT2D eigenvalue weighted by atomic mass is 10.0. The minimum atomic E-state index is 0. The second kappa shape index (κ2) is 18.2. The van der Waals surface area contributed by atoms with E-state index in [4.69, 9.17) is 0 Å². The Morgan fingerprint density at radius 2 is 1.08 bits per heavy atom. The van der Waals surface area contributed by atoms with E-state index < -0.39 is 0 Å². The van der Waals surface area contributed by atoms with E-state index in [0.717, 1.165) is 6.42 Å². The highest BCUT2D eigenvalue weighted by Crippen LogP contribution is 2.27. The van der Waals surface area contributed by atoms with Crippen molar-refractivity contribution < 1.29 is 5.11 Å². The maximum absolute atomic E-state index is 9.32. The summed E-state index contributed by atoms with van der Waals surface area (Å²) in [7, 11) is 0. The molecule has 0 aliphatic rings. The number of benzene rings is 1. The molecule has 0 radical (unpaired) electrons. The lowest BCUT2D eigenvalue weighted by Gasteiger charge is -2.11. The Morgan fingerprint density at radius 1 is 0.692 bits per heavy atom. The predicted molar refractivity (Wildman–Crippen MR) is 125 cm³/mol. The van der Waals surface area contributed by atoms with Gasteiger partial charge in [-0.15, -0.1) is 17.0 Å². The number of phenolic OH excluding ortho intramolecular Hbond substituents is 1. The molecule has 0 spiro atoms. The zero-order valence-corrected chi connectivity index (χ0v) is 19.4. The van der Waals surface area contributed by atoms with E-state index in [1.54, 1.807) is 12.1 Å². The van der Waals surface area contributed by atoms with E-state index in [1.807, 2.05) is 12.1 Å². The Labute approximate surface area is 178 Å². The Hall–Kier alpha value is -0.150. The monoisotopic (exact) mass is 444 g/mol. The summed E-state index contributed by atoms with van der Waals surface area (Å²) in [6.45, 7) is 2.28. The molecule has 0 amide bonds. The average Bonchev–Trinajstić information content (AvgIpc) is 2.62. The van der Waals surface area contributed by atoms with Crippen molar-refractivity contribution in [2.45, 2.75) is 108 Å². The van der Waals surface area contributed by atoms with Gasteiger partial charge in [0.2, 0.25) is 0 Å². The topological polar surface area (TPSA) is 20.2 Å². The van der Waals surface area contributed by atoms with Crippen molar-refractivity contribution in [2.75, 3.05) is 0 Å². The molecule has 1 aromatic rings. The third-order valence-corrected chi connectivity index (χ3v) is 5.67. The fourth-order valence-electron chi connectivity index (χ4n) is 3.40. The van der Waals surface area contributed by atoms with Crippen LogP contribution >= 0.6 is 29.6 Å². The van der Waals surface area contributed by atoms with Crippen molar-refractivity contribution in [1.82, 2.24) is 0 Å². The molecule has 1 rings (SSSR count). The maximum Gasteiger partial charge on any atom is 0.115 e. The quantitative estimate of drug-likeness (QED) is 0.192. The van der Waals surface area contributed by atoms with E-state index in [1.165, 1.54) is 95.5 Å². The lowest BCUT2D eigenvalue weighted by Crippen LogP contribution is -1.91. The standard InChI is InChI=1S/C23H40OS.BrH/c1-2-3-4-5-6-7-8-9-10-11-12-13-14-15-16-23(25)21-17-19-22(24)20-18-21;/h17-20,23-25H,2-16H2,1H3;1H. The Morgan fingerprint density at radius 3 is 1.50 bits per heavy atom. The van der Waals surface area contributed by atoms with Crippen LogP contribution in [-0.4, -0.2) is 5.11 Å². The number of unbranched alkanes of at least 4 members (excludes halogenated alkanes) is 13. The summed E-state index contributed by atoms with van der Waals surface area (Å²) >= 11 is 4.69. The molecule has 0 aromatic heterocycles. The number of phenols is 1. The molecular formula is C23H41BrOS. The highest BCUT2D eigenvalue weighted by molar-refractivity contribution is 8.93. The fraction of sp³-hybridized carbons (Fsp3) is 0.739. The molecule has 0 aliphatic carbocycles. The van der Waals surface area contributed by atoms with Gasteiger partial charge < -0.3 is 5.11 Å². The van der Waals surface area contributed by atoms with Crippen molar-refractivity contribution in [1.29, 1.82) is 0 Å². The first-order valence-corrected chi connectivity index (χ1v) is 11.2. The van der Waals surface area contributed by atoms with E-state index in [-0.39, 0.29) is 17.0 Å². The summed E-state index contributed by atoms with van der Waals surface area (Å²) < 4.78 is 0. The predicted octanol–water partition coefficient (Wildman–Crippen LogP) is 8.81. The van der Waals surface area contributed by atoms with Crippen LogP contribution in [0.1, 0.15) is 114 Å². The van der Waals surface area contributed by atoms with Crippen LogP contribution in [0.25, 0.3) is 0 Å². The van der Waals surface area contributed by atoms with Gasteiger partial charge in [-0.05, 0) is 24.1 Å². The number of aromatic hydroxyl groups is 1. The molecule has 1 unspecified atom stereocenters. The zero-order valence-electron chi connectivity index (χ0n) is 16.8. The summed E-state index contributed by atoms with van der Waals surface area (Å²) in [4.78, 5) is 0. The maximum atomic E-state index is 9.32. The lowest BCUT2D eigenvalue weighted by molar-refractivity contribution is 0.475. The Balaban J connectivity index is 0.00000625. The largest absolute Gasteiger partial charge is 0.508 e. The Bertz CT molecular complexity index is 407. The average molecular weight is 446 g/mol. The molecule has 152 valence electrons. The first kappa shape index (κ1) is 25.9. The van der Waals surface area contributed by atoms with Crippen molar-refractivity contribution >= 4 is 29.6 Å². The summed E-state index contributed by atoms with van der Waals surface area (Å²) in [5, 5.41) is 9.63. The van der Waals surface area contributed by atoms with Gasteiger partial charge in [-0.1, -0.05) is 109 Å². The summed E-state index contributed by atoms with van der Waals surface area (Å²) in [5.41, 5.74) is 1.22. The normalized spacial score (nSPS) is 11.9. The van der Waals surface area contributed by atoms with Crippen LogP contribution in [0, 0.1) is 0 Å². The first-order chi connectivity index (χ1) is 12.2. The second-order valence-electron chi connectivity index (χ2n) is 7.49. The van der Waals surface area contributed by atoms with Crippen molar-refractivity contribution in [2.24, 2.45) is 0 Å². The first-order valence-electron chi connectivity index (χ1n) is 10.7. The minimum Gasteiger partial charge on any atom is -0.508 e. The molecule has 26 heavy (non-hydrogen) atoms. The molecule has 1 aromatic carbocycles. The van der Waals surface area contributed by atoms with Crippen LogP contribution in [0.4, 0.5) is 0 Å². The number of hydrogen-bond acceptors (Lipinski definition) is 2. The van der Waals surface area contributed by atoms with Gasteiger partial charge in [-0.3, -0.25) is 0 Å². The number of hydrogen-bond donors (Lipinski definition) is 2. The van der Waals surface area contributed by atoms with E-state index >= 15 is 0 Å². The van der Waals surface area contributed by atoms with Crippen molar-refractivity contribution in [3.05, 3.63) is 29.8 Å². The SMILES string of the molecule is Br.CCCCCCCCCCCCCCCCC(S)c1ccc(O)cc1. The second-order valence-corrected chi connectivity index (χ2v) is 8.12. The fourth-order valence-corrected chi connectivity index (χ4v) is 3.75. The van der Waals surface area contributed by atoms with Gasteiger partial charge in [-0.25, -0.2) is 0 Å². The molecule has 0 aliphatic heterocycles. The van der Waals surface area contributed by atoms with Gasteiger partial charge in [0.25, 0.3) is 0 Å². The molecule has 1 N–H and O–H groups in total. The molecular weight excluding hydrogens is 404 g/mol. The third-order valence-electron chi connectivity index (χ3n) is 5.11. The smallest absolute Gasteiger partial charge is 0.115 e. The van der Waals surface area contributed by atoms with Crippen LogP contribution in [0.5, 0.6) is 5.75 Å². The van der Waals surface area contributed by atoms with E-state index in [9.17, 15) is 5.11 Å². The van der Waals surface area contributed by atoms with Crippen LogP contribution in [-0.2, 0) is 0 Å². The summed E-state index contributed by atoms with van der Waals surface area (Å²) in [6, 6.07) is 7.47. The number of rotatable bonds is 16. The number of halogens is 1. The van der Waals surface area contributed by atoms with Crippen LogP contribution in [0.15, 0.2) is 24.3 Å². The summed E-state index contributed by atoms with van der Waals surface area (Å²) in [5.74, 6) is 0.334.